The molecule has 0 unspecified atom stereocenters. The standard InChI is InChI=1S/C19H19N3OS/c1-13-4-8-16(9-5-13)22-19(18(12-20-23)15(3)21-22)24-17-10-6-14(2)7-11-17/h4-12,23H,1-3H3. The van der Waals surface area contributed by atoms with Gasteiger partial charge in [-0.2, -0.15) is 5.10 Å². The molecule has 0 saturated heterocycles. The fourth-order valence-corrected chi connectivity index (χ4v) is 3.44. The van der Waals surface area contributed by atoms with Gasteiger partial charge < -0.3 is 5.21 Å². The Bertz CT molecular complexity index is 865. The van der Waals surface area contributed by atoms with Crippen LogP contribution >= 0.6 is 11.8 Å². The Balaban J connectivity index is 2.10. The molecule has 122 valence electrons. The largest absolute Gasteiger partial charge is 0.411 e. The summed E-state index contributed by atoms with van der Waals surface area (Å²) in [4.78, 5) is 1.11. The van der Waals surface area contributed by atoms with Gasteiger partial charge in [-0.3, -0.25) is 0 Å². The van der Waals surface area contributed by atoms with Crippen molar-refractivity contribution in [1.29, 1.82) is 0 Å². The summed E-state index contributed by atoms with van der Waals surface area (Å²) in [6.07, 6.45) is 1.45. The molecule has 0 aliphatic rings. The quantitative estimate of drug-likeness (QED) is 0.424. The van der Waals surface area contributed by atoms with Gasteiger partial charge in [0.1, 0.15) is 5.03 Å². The monoisotopic (exact) mass is 337 g/mol. The van der Waals surface area contributed by atoms with Gasteiger partial charge in [0.05, 0.1) is 23.2 Å². The molecule has 0 aliphatic heterocycles. The van der Waals surface area contributed by atoms with E-state index in [1.165, 1.54) is 17.3 Å². The van der Waals surface area contributed by atoms with E-state index in [9.17, 15) is 0 Å². The maximum absolute atomic E-state index is 9.01. The van der Waals surface area contributed by atoms with Crippen molar-refractivity contribution in [3.63, 3.8) is 0 Å². The Morgan fingerprint density at radius 1 is 0.958 bits per heavy atom. The molecule has 0 atom stereocenters. The van der Waals surface area contributed by atoms with E-state index in [1.54, 1.807) is 11.8 Å². The van der Waals surface area contributed by atoms with Gasteiger partial charge in [-0.15, -0.1) is 0 Å². The average molecular weight is 337 g/mol. The molecule has 24 heavy (non-hydrogen) atoms. The molecule has 0 radical (unpaired) electrons. The Kier molecular flexibility index (Phi) is 4.71. The van der Waals surface area contributed by atoms with Crippen molar-refractivity contribution in [2.75, 3.05) is 0 Å². The molecule has 0 saturated carbocycles. The minimum absolute atomic E-state index is 0.822. The number of rotatable bonds is 4. The lowest BCUT2D eigenvalue weighted by Gasteiger charge is -2.09. The number of oxime groups is 1. The topological polar surface area (TPSA) is 50.4 Å². The van der Waals surface area contributed by atoms with Crippen molar-refractivity contribution in [2.45, 2.75) is 30.7 Å². The zero-order valence-electron chi connectivity index (χ0n) is 13.9. The normalized spacial score (nSPS) is 11.3. The fourth-order valence-electron chi connectivity index (χ4n) is 2.40. The van der Waals surface area contributed by atoms with E-state index in [2.05, 4.69) is 60.5 Å². The maximum Gasteiger partial charge on any atom is 0.114 e. The van der Waals surface area contributed by atoms with Crippen LogP contribution in [0, 0.1) is 20.8 Å². The predicted molar refractivity (Wildman–Crippen MR) is 97.7 cm³/mol. The highest BCUT2D eigenvalue weighted by molar-refractivity contribution is 7.99. The van der Waals surface area contributed by atoms with Crippen molar-refractivity contribution < 1.29 is 5.21 Å². The van der Waals surface area contributed by atoms with Crippen LogP contribution in [0.15, 0.2) is 63.6 Å². The predicted octanol–water partition coefficient (Wildman–Crippen LogP) is 4.76. The molecule has 1 N–H and O–H groups in total. The van der Waals surface area contributed by atoms with Gasteiger partial charge in [-0.1, -0.05) is 52.3 Å². The third-order valence-electron chi connectivity index (χ3n) is 3.76. The van der Waals surface area contributed by atoms with Crippen LogP contribution in [0.25, 0.3) is 5.69 Å². The van der Waals surface area contributed by atoms with E-state index >= 15 is 0 Å². The van der Waals surface area contributed by atoms with Crippen LogP contribution < -0.4 is 0 Å². The van der Waals surface area contributed by atoms with E-state index in [4.69, 9.17) is 5.21 Å². The van der Waals surface area contributed by atoms with Gasteiger partial charge in [0.25, 0.3) is 0 Å². The van der Waals surface area contributed by atoms with Crippen LogP contribution in [0.1, 0.15) is 22.4 Å². The summed E-state index contributed by atoms with van der Waals surface area (Å²) in [6, 6.07) is 16.5. The van der Waals surface area contributed by atoms with Gasteiger partial charge in [0.2, 0.25) is 0 Å². The van der Waals surface area contributed by atoms with Crippen molar-refractivity contribution in [2.24, 2.45) is 5.16 Å². The maximum atomic E-state index is 9.01. The van der Waals surface area contributed by atoms with Crippen LogP contribution in [-0.2, 0) is 0 Å². The third-order valence-corrected chi connectivity index (χ3v) is 4.86. The van der Waals surface area contributed by atoms with Crippen LogP contribution in [0.3, 0.4) is 0 Å². The first-order valence-electron chi connectivity index (χ1n) is 7.67. The van der Waals surface area contributed by atoms with E-state index in [1.807, 2.05) is 23.7 Å². The molecular formula is C19H19N3OS. The lowest BCUT2D eigenvalue weighted by Crippen LogP contribution is -1.99. The first-order chi connectivity index (χ1) is 11.6. The van der Waals surface area contributed by atoms with Crippen LogP contribution in [0.4, 0.5) is 0 Å². The van der Waals surface area contributed by atoms with Crippen LogP contribution in [-0.4, -0.2) is 21.2 Å². The Hall–Kier alpha value is -2.53. The molecule has 0 bridgehead atoms. The molecule has 0 spiro atoms. The van der Waals surface area contributed by atoms with Crippen molar-refractivity contribution in [3.05, 3.63) is 70.9 Å². The van der Waals surface area contributed by atoms with Gasteiger partial charge in [0, 0.05) is 4.90 Å². The molecule has 1 heterocycles. The van der Waals surface area contributed by atoms with Crippen LogP contribution in [0.5, 0.6) is 0 Å². The number of nitrogens with zero attached hydrogens (tertiary/aromatic N) is 3. The second-order valence-corrected chi connectivity index (χ2v) is 6.77. The summed E-state index contributed by atoms with van der Waals surface area (Å²) in [7, 11) is 0. The lowest BCUT2D eigenvalue weighted by molar-refractivity contribution is 0.321. The molecule has 1 aromatic heterocycles. The van der Waals surface area contributed by atoms with Gasteiger partial charge in [0.15, 0.2) is 0 Å². The molecule has 0 fully saturated rings. The number of aromatic nitrogens is 2. The molecule has 2 aromatic carbocycles. The summed E-state index contributed by atoms with van der Waals surface area (Å²) < 4.78 is 1.90. The van der Waals surface area contributed by atoms with E-state index in [0.717, 1.165) is 26.9 Å². The fraction of sp³-hybridized carbons (Fsp3) is 0.158. The summed E-state index contributed by atoms with van der Waals surface area (Å²) in [5, 5.41) is 17.8. The molecule has 5 heteroatoms. The number of benzene rings is 2. The summed E-state index contributed by atoms with van der Waals surface area (Å²) >= 11 is 1.61. The number of hydrogen-bond acceptors (Lipinski definition) is 4. The molecule has 4 nitrogen and oxygen atoms in total. The zero-order chi connectivity index (χ0) is 17.1. The second-order valence-electron chi connectivity index (χ2n) is 5.71. The van der Waals surface area contributed by atoms with Gasteiger partial charge in [-0.25, -0.2) is 4.68 Å². The van der Waals surface area contributed by atoms with Gasteiger partial charge >= 0.3 is 0 Å². The first kappa shape index (κ1) is 16.3. The number of aryl methyl sites for hydroxylation is 3. The highest BCUT2D eigenvalue weighted by Crippen LogP contribution is 2.33. The summed E-state index contributed by atoms with van der Waals surface area (Å²) in [6.45, 7) is 6.05. The van der Waals surface area contributed by atoms with E-state index in [-0.39, 0.29) is 0 Å². The molecule has 3 rings (SSSR count). The summed E-state index contributed by atoms with van der Waals surface area (Å²) in [5.41, 5.74) is 5.05. The molecule has 0 amide bonds. The highest BCUT2D eigenvalue weighted by atomic mass is 32.2. The SMILES string of the molecule is Cc1ccc(Sc2c(C=NO)c(C)nn2-c2ccc(C)cc2)cc1. The minimum Gasteiger partial charge on any atom is -0.411 e. The third kappa shape index (κ3) is 3.36. The second kappa shape index (κ2) is 6.93. The Morgan fingerprint density at radius 3 is 2.12 bits per heavy atom. The summed E-state index contributed by atoms with van der Waals surface area (Å²) in [5.74, 6) is 0. The van der Waals surface area contributed by atoms with Crippen molar-refractivity contribution >= 4 is 18.0 Å². The van der Waals surface area contributed by atoms with Crippen LogP contribution in [0.2, 0.25) is 0 Å². The molecule has 0 aliphatic carbocycles. The lowest BCUT2D eigenvalue weighted by atomic mass is 10.2. The Morgan fingerprint density at radius 2 is 1.54 bits per heavy atom. The number of hydrogen-bond donors (Lipinski definition) is 1. The van der Waals surface area contributed by atoms with Crippen molar-refractivity contribution in [3.8, 4) is 5.69 Å². The first-order valence-corrected chi connectivity index (χ1v) is 8.49. The molecule has 3 aromatic rings. The average Bonchev–Trinajstić information content (AvgIpc) is 2.87. The Labute approximate surface area is 145 Å². The minimum atomic E-state index is 0.822. The van der Waals surface area contributed by atoms with Crippen molar-refractivity contribution in [1.82, 2.24) is 9.78 Å². The molecular weight excluding hydrogens is 318 g/mol. The van der Waals surface area contributed by atoms with Gasteiger partial charge in [-0.05, 0) is 45.0 Å². The zero-order valence-corrected chi connectivity index (χ0v) is 14.7. The van der Waals surface area contributed by atoms with E-state index in [0.29, 0.717) is 0 Å². The highest BCUT2D eigenvalue weighted by Gasteiger charge is 2.16. The van der Waals surface area contributed by atoms with E-state index < -0.39 is 0 Å². The smallest absolute Gasteiger partial charge is 0.114 e.